The summed E-state index contributed by atoms with van der Waals surface area (Å²) in [6.07, 6.45) is 1.74. The number of rotatable bonds is 6. The van der Waals surface area contributed by atoms with Gasteiger partial charge in [-0.3, -0.25) is 9.36 Å². The van der Waals surface area contributed by atoms with Crippen LogP contribution in [0.2, 0.25) is 5.02 Å². The highest BCUT2D eigenvalue weighted by molar-refractivity contribution is 9.10. The number of hydrogen-bond donors (Lipinski definition) is 0. The summed E-state index contributed by atoms with van der Waals surface area (Å²) in [5.41, 5.74) is -2.02. The predicted octanol–water partition coefficient (Wildman–Crippen LogP) is 4.77. The smallest absolute Gasteiger partial charge is 0.434 e. The highest BCUT2D eigenvalue weighted by Crippen LogP contribution is 2.38. The van der Waals surface area contributed by atoms with Crippen molar-refractivity contribution in [1.29, 1.82) is 0 Å². The molecule has 0 fully saturated rings. The van der Waals surface area contributed by atoms with Crippen LogP contribution in [0, 0.1) is 12.3 Å². The number of ether oxygens (including phenoxy) is 2. The number of nitrogens with zero attached hydrogens (tertiary/aromatic N) is 2. The van der Waals surface area contributed by atoms with Crippen LogP contribution in [0.15, 0.2) is 68.0 Å². The summed E-state index contributed by atoms with van der Waals surface area (Å²) in [7, 11) is 0. The number of hydrogen-bond acceptors (Lipinski definition) is 6. The van der Waals surface area contributed by atoms with Crippen LogP contribution >= 0.6 is 38.9 Å². The highest BCUT2D eigenvalue weighted by atomic mass is 79.9. The van der Waals surface area contributed by atoms with E-state index in [0.29, 0.717) is 20.8 Å². The van der Waals surface area contributed by atoms with Gasteiger partial charge in [-0.25, -0.2) is 9.79 Å². The first-order valence-electron chi connectivity index (χ1n) is 11.0. The molecule has 2 heterocycles. The Kier molecular flexibility index (Phi) is 8.16. The van der Waals surface area contributed by atoms with E-state index in [4.69, 9.17) is 27.5 Å². The molecule has 0 aliphatic carbocycles. The molecule has 0 saturated carbocycles. The van der Waals surface area contributed by atoms with Gasteiger partial charge in [0, 0.05) is 5.02 Å². The van der Waals surface area contributed by atoms with Crippen molar-refractivity contribution < 1.29 is 27.4 Å². The van der Waals surface area contributed by atoms with Crippen LogP contribution in [0.25, 0.3) is 6.08 Å². The molecule has 6 nitrogen and oxygen atoms in total. The summed E-state index contributed by atoms with van der Waals surface area (Å²) in [5.74, 6) is 1.63. The minimum atomic E-state index is -4.99. The molecule has 1 aliphatic rings. The van der Waals surface area contributed by atoms with E-state index < -0.39 is 35.0 Å². The third-order valence-corrected chi connectivity index (χ3v) is 7.20. The fraction of sp³-hybridized carbons (Fsp3) is 0.192. The van der Waals surface area contributed by atoms with Crippen LogP contribution in [-0.2, 0) is 9.53 Å². The third kappa shape index (κ3) is 5.57. The topological polar surface area (TPSA) is 69.9 Å². The lowest BCUT2D eigenvalue weighted by Gasteiger charge is -2.26. The molecule has 3 aromatic rings. The van der Waals surface area contributed by atoms with Crippen LogP contribution in [0.4, 0.5) is 13.2 Å². The van der Waals surface area contributed by atoms with E-state index in [9.17, 15) is 22.8 Å². The lowest BCUT2D eigenvalue weighted by molar-refractivity contribution is -0.140. The van der Waals surface area contributed by atoms with Gasteiger partial charge in [0.15, 0.2) is 10.5 Å². The Balaban J connectivity index is 1.96. The first kappa shape index (κ1) is 27.7. The Bertz CT molecular complexity index is 1650. The Hall–Kier alpha value is -3.33. The van der Waals surface area contributed by atoms with E-state index in [1.807, 2.05) is 0 Å². The number of aromatic nitrogens is 1. The number of benzene rings is 2. The summed E-state index contributed by atoms with van der Waals surface area (Å²) in [5, 5.41) is 0.333. The van der Waals surface area contributed by atoms with Crippen LogP contribution in [0.5, 0.6) is 5.75 Å². The molecule has 12 heteroatoms. The number of fused-ring (bicyclic) bond motifs is 1. The van der Waals surface area contributed by atoms with Gasteiger partial charge in [-0.15, -0.1) is 6.42 Å². The molecule has 1 aliphatic heterocycles. The molecule has 2 aromatic carbocycles. The zero-order valence-corrected chi connectivity index (χ0v) is 22.7. The summed E-state index contributed by atoms with van der Waals surface area (Å²) < 4.78 is 54.6. The Morgan fingerprint density at radius 2 is 2.00 bits per heavy atom. The van der Waals surface area contributed by atoms with Gasteiger partial charge < -0.3 is 9.47 Å². The van der Waals surface area contributed by atoms with Gasteiger partial charge in [-0.1, -0.05) is 47.1 Å². The number of carbonyl (C=O) groups is 1. The van der Waals surface area contributed by atoms with Crippen molar-refractivity contribution in [3.63, 3.8) is 0 Å². The minimum absolute atomic E-state index is 0.0611. The Morgan fingerprint density at radius 1 is 1.29 bits per heavy atom. The number of halogens is 5. The number of thiazole rings is 1. The molecular weight excluding hydrogens is 609 g/mol. The number of esters is 1. The standard InChI is InChI=1S/C26H17BrClF3N2O4S/c1-3-11-37-18-10-5-14(12-17(18)27)13-19-23(34)33-21(15-6-8-16(28)9-7-15)20(24(35)36-4-2)22(26(29,30)31)32-25(33)38-19/h1,5-10,12-13,21H,4,11H2,2H3/b19-13-/t21-/m1/s1. The number of allylic oxidation sites excluding steroid dienone is 1. The van der Waals surface area contributed by atoms with Crippen molar-refractivity contribution in [2.24, 2.45) is 4.99 Å². The minimum Gasteiger partial charge on any atom is -0.480 e. The molecule has 0 spiro atoms. The van der Waals surface area contributed by atoms with E-state index in [2.05, 4.69) is 26.8 Å². The van der Waals surface area contributed by atoms with E-state index in [1.165, 1.54) is 37.3 Å². The summed E-state index contributed by atoms with van der Waals surface area (Å²) in [6.45, 7) is 1.37. The molecule has 1 aromatic heterocycles. The van der Waals surface area contributed by atoms with Crippen molar-refractivity contribution in [3.8, 4) is 18.1 Å². The molecule has 196 valence electrons. The highest BCUT2D eigenvalue weighted by Gasteiger charge is 2.45. The van der Waals surface area contributed by atoms with Crippen molar-refractivity contribution >= 4 is 50.9 Å². The molecule has 0 radical (unpaired) electrons. The van der Waals surface area contributed by atoms with Crippen LogP contribution in [0.1, 0.15) is 24.1 Å². The molecule has 0 saturated heterocycles. The maximum Gasteiger partial charge on any atom is 0.434 e. The summed E-state index contributed by atoms with van der Waals surface area (Å²) >= 11 is 10.1. The third-order valence-electron chi connectivity index (χ3n) is 5.35. The average Bonchev–Trinajstić information content (AvgIpc) is 3.17. The number of alkyl halides is 3. The summed E-state index contributed by atoms with van der Waals surface area (Å²) in [6, 6.07) is 9.37. The summed E-state index contributed by atoms with van der Waals surface area (Å²) in [4.78, 5) is 30.0. The van der Waals surface area contributed by atoms with E-state index >= 15 is 0 Å². The van der Waals surface area contributed by atoms with Crippen molar-refractivity contribution in [1.82, 2.24) is 4.57 Å². The zero-order chi connectivity index (χ0) is 27.6. The van der Waals surface area contributed by atoms with Crippen LogP contribution < -0.4 is 19.6 Å². The van der Waals surface area contributed by atoms with Gasteiger partial charge >= 0.3 is 12.1 Å². The van der Waals surface area contributed by atoms with Gasteiger partial charge in [0.1, 0.15) is 12.4 Å². The Labute approximate surface area is 231 Å². The molecule has 1 atom stereocenters. The molecule has 0 amide bonds. The monoisotopic (exact) mass is 624 g/mol. The van der Waals surface area contributed by atoms with E-state index in [0.717, 1.165) is 15.9 Å². The second kappa shape index (κ2) is 11.2. The normalized spacial score (nSPS) is 15.5. The van der Waals surface area contributed by atoms with Crippen LogP contribution in [-0.4, -0.2) is 29.9 Å². The second-order valence-electron chi connectivity index (χ2n) is 7.80. The molecule has 4 rings (SSSR count). The second-order valence-corrected chi connectivity index (χ2v) is 10.1. The van der Waals surface area contributed by atoms with Gasteiger partial charge in [-0.2, -0.15) is 13.2 Å². The van der Waals surface area contributed by atoms with Gasteiger partial charge in [0.2, 0.25) is 0 Å². The maximum absolute atomic E-state index is 14.2. The molecular formula is C26H17BrClF3N2O4S. The van der Waals surface area contributed by atoms with Gasteiger partial charge in [0.05, 0.1) is 27.2 Å². The number of carbonyl (C=O) groups excluding carboxylic acids is 1. The van der Waals surface area contributed by atoms with E-state index in [1.54, 1.807) is 18.2 Å². The van der Waals surface area contributed by atoms with Crippen LogP contribution in [0.3, 0.4) is 0 Å². The van der Waals surface area contributed by atoms with Crippen molar-refractivity contribution in [2.75, 3.05) is 13.2 Å². The number of terminal acetylenes is 1. The van der Waals surface area contributed by atoms with Gasteiger partial charge in [0.25, 0.3) is 5.56 Å². The fourth-order valence-corrected chi connectivity index (χ4v) is 5.43. The SMILES string of the molecule is C#CCOc1ccc(/C=c2\sc3n(c2=O)[C@H](c2ccc(Cl)cc2)C(C(=O)OCC)=C(C(F)(F)F)N=3)cc1Br. The fourth-order valence-electron chi connectivity index (χ4n) is 3.80. The molecule has 0 bridgehead atoms. The van der Waals surface area contributed by atoms with Crippen molar-refractivity contribution in [2.45, 2.75) is 19.1 Å². The average molecular weight is 626 g/mol. The largest absolute Gasteiger partial charge is 0.480 e. The van der Waals surface area contributed by atoms with E-state index in [-0.39, 0.29) is 28.1 Å². The zero-order valence-electron chi connectivity index (χ0n) is 19.5. The van der Waals surface area contributed by atoms with Crippen molar-refractivity contribution in [3.05, 3.63) is 94.0 Å². The lowest BCUT2D eigenvalue weighted by atomic mass is 9.95. The van der Waals surface area contributed by atoms with Gasteiger partial charge in [-0.05, 0) is 64.3 Å². The predicted molar refractivity (Wildman–Crippen MR) is 141 cm³/mol. The molecule has 0 unspecified atom stereocenters. The first-order chi connectivity index (χ1) is 18.0. The Morgan fingerprint density at radius 3 is 2.61 bits per heavy atom. The molecule has 0 N–H and O–H groups in total. The first-order valence-corrected chi connectivity index (χ1v) is 13.0. The molecule has 38 heavy (non-hydrogen) atoms. The lowest BCUT2D eigenvalue weighted by Crippen LogP contribution is -2.41. The quantitative estimate of drug-likeness (QED) is 0.293. The maximum atomic E-state index is 14.2.